The van der Waals surface area contributed by atoms with Crippen molar-refractivity contribution in [1.29, 1.82) is 0 Å². The molecular weight excluding hydrogens is 195 g/mol. The summed E-state index contributed by atoms with van der Waals surface area (Å²) in [4.78, 5) is 0. The normalized spacial score (nSPS) is 13.0. The molecule has 0 bridgehead atoms. The maximum atomic E-state index is 13.0. The number of benzene rings is 1. The van der Waals surface area contributed by atoms with Crippen molar-refractivity contribution < 1.29 is 17.9 Å². The predicted molar refractivity (Wildman–Crippen MR) is 45.9 cm³/mol. The Kier molecular flexibility index (Phi) is 3.35. The summed E-state index contributed by atoms with van der Waals surface area (Å²) in [5.41, 5.74) is 4.88. The lowest BCUT2D eigenvalue weighted by atomic mass is 10.1. The van der Waals surface area contributed by atoms with Gasteiger partial charge in [0.25, 0.3) is 6.43 Å². The number of hydrogen-bond donors (Lipinski definition) is 1. The first-order valence-corrected chi connectivity index (χ1v) is 3.93. The van der Waals surface area contributed by atoms with Crippen LogP contribution in [0, 0.1) is 5.82 Å². The summed E-state index contributed by atoms with van der Waals surface area (Å²) in [5, 5.41) is 0. The van der Waals surface area contributed by atoms with Crippen molar-refractivity contribution in [1.82, 2.24) is 0 Å². The number of rotatable bonds is 3. The molecule has 2 N–H and O–H groups in total. The van der Waals surface area contributed by atoms with Crippen molar-refractivity contribution in [3.8, 4) is 5.75 Å². The molecule has 1 rings (SSSR count). The maximum Gasteiger partial charge on any atom is 0.257 e. The summed E-state index contributed by atoms with van der Waals surface area (Å²) in [7, 11) is 1.37. The molecule has 0 aliphatic heterocycles. The van der Waals surface area contributed by atoms with Gasteiger partial charge in [-0.1, -0.05) is 0 Å². The second-order valence-corrected chi connectivity index (χ2v) is 2.75. The smallest absolute Gasteiger partial charge is 0.257 e. The molecule has 0 radical (unpaired) electrons. The Bertz CT molecular complexity index is 317. The Balaban J connectivity index is 3.05. The van der Waals surface area contributed by atoms with Gasteiger partial charge in [-0.15, -0.1) is 0 Å². The Morgan fingerprint density at radius 2 is 2.00 bits per heavy atom. The molecule has 0 saturated carbocycles. The Labute approximate surface area is 79.5 Å². The van der Waals surface area contributed by atoms with Crippen LogP contribution < -0.4 is 10.5 Å². The average Bonchev–Trinajstić information content (AvgIpc) is 2.17. The van der Waals surface area contributed by atoms with E-state index in [2.05, 4.69) is 0 Å². The average molecular weight is 205 g/mol. The first-order chi connectivity index (χ1) is 6.56. The molecule has 0 amide bonds. The Morgan fingerprint density at radius 3 is 2.50 bits per heavy atom. The zero-order valence-corrected chi connectivity index (χ0v) is 7.51. The van der Waals surface area contributed by atoms with Crippen molar-refractivity contribution in [3.05, 3.63) is 29.6 Å². The van der Waals surface area contributed by atoms with Crippen LogP contribution in [0.2, 0.25) is 0 Å². The van der Waals surface area contributed by atoms with Crippen LogP contribution in [0.1, 0.15) is 11.6 Å². The highest BCUT2D eigenvalue weighted by molar-refractivity contribution is 5.32. The third kappa shape index (κ3) is 2.17. The predicted octanol–water partition coefficient (Wildman–Crippen LogP) is 2.10. The first-order valence-electron chi connectivity index (χ1n) is 3.93. The molecule has 1 aromatic carbocycles. The zero-order valence-electron chi connectivity index (χ0n) is 7.51. The fourth-order valence-corrected chi connectivity index (χ4v) is 1.04. The van der Waals surface area contributed by atoms with Gasteiger partial charge >= 0.3 is 0 Å². The van der Waals surface area contributed by atoms with E-state index in [0.717, 1.165) is 6.07 Å². The molecule has 0 aliphatic carbocycles. The lowest BCUT2D eigenvalue weighted by Crippen LogP contribution is -2.20. The molecule has 78 valence electrons. The van der Waals surface area contributed by atoms with Gasteiger partial charge in [0.05, 0.1) is 13.2 Å². The van der Waals surface area contributed by atoms with Gasteiger partial charge < -0.3 is 10.5 Å². The van der Waals surface area contributed by atoms with E-state index in [1.165, 1.54) is 19.2 Å². The van der Waals surface area contributed by atoms with Crippen LogP contribution in [0.4, 0.5) is 13.2 Å². The van der Waals surface area contributed by atoms with Gasteiger partial charge in [-0.25, -0.2) is 13.2 Å². The highest BCUT2D eigenvalue weighted by Gasteiger charge is 2.21. The fraction of sp³-hybridized carbons (Fsp3) is 0.333. The van der Waals surface area contributed by atoms with Crippen molar-refractivity contribution >= 4 is 0 Å². The van der Waals surface area contributed by atoms with Gasteiger partial charge in [0.1, 0.15) is 11.6 Å². The largest absolute Gasteiger partial charge is 0.497 e. The molecule has 0 unspecified atom stereocenters. The van der Waals surface area contributed by atoms with E-state index < -0.39 is 18.3 Å². The standard InChI is InChI=1S/C9H10F3NO/c1-14-5-2-3-7(10)6(4-5)8(13)9(11)12/h2-4,8-9H,13H2,1H3/t8-/m0/s1. The highest BCUT2D eigenvalue weighted by Crippen LogP contribution is 2.24. The second-order valence-electron chi connectivity index (χ2n) is 2.75. The van der Waals surface area contributed by atoms with Crippen molar-refractivity contribution in [2.24, 2.45) is 5.73 Å². The van der Waals surface area contributed by atoms with Gasteiger partial charge in [-0.3, -0.25) is 0 Å². The van der Waals surface area contributed by atoms with Gasteiger partial charge in [-0.2, -0.15) is 0 Å². The fourth-order valence-electron chi connectivity index (χ4n) is 1.04. The molecule has 1 atom stereocenters. The van der Waals surface area contributed by atoms with Gasteiger partial charge in [0.2, 0.25) is 0 Å². The number of hydrogen-bond acceptors (Lipinski definition) is 2. The topological polar surface area (TPSA) is 35.2 Å². The van der Waals surface area contributed by atoms with E-state index in [0.29, 0.717) is 5.75 Å². The van der Waals surface area contributed by atoms with E-state index in [1.807, 2.05) is 0 Å². The van der Waals surface area contributed by atoms with E-state index >= 15 is 0 Å². The molecule has 5 heteroatoms. The van der Waals surface area contributed by atoms with Crippen LogP contribution in [-0.2, 0) is 0 Å². The molecule has 0 spiro atoms. The Hall–Kier alpha value is -1.23. The minimum atomic E-state index is -2.79. The van der Waals surface area contributed by atoms with Gasteiger partial charge in [-0.05, 0) is 18.2 Å². The third-order valence-electron chi connectivity index (χ3n) is 1.83. The molecule has 0 aliphatic rings. The van der Waals surface area contributed by atoms with Crippen LogP contribution in [0.15, 0.2) is 18.2 Å². The summed E-state index contributed by atoms with van der Waals surface area (Å²) in [6.45, 7) is 0. The minimum Gasteiger partial charge on any atom is -0.497 e. The summed E-state index contributed by atoms with van der Waals surface area (Å²) in [6.07, 6.45) is -2.79. The molecule has 2 nitrogen and oxygen atoms in total. The molecular formula is C9H10F3NO. The second kappa shape index (κ2) is 4.32. The number of nitrogens with two attached hydrogens (primary N) is 1. The number of methoxy groups -OCH3 is 1. The Morgan fingerprint density at radius 1 is 1.36 bits per heavy atom. The summed E-state index contributed by atoms with van der Waals surface area (Å²) < 4.78 is 42.2. The molecule has 0 heterocycles. The van der Waals surface area contributed by atoms with Crippen molar-refractivity contribution in [2.45, 2.75) is 12.5 Å². The van der Waals surface area contributed by atoms with Crippen LogP contribution in [-0.4, -0.2) is 13.5 Å². The number of alkyl halides is 2. The number of ether oxygens (including phenoxy) is 1. The van der Waals surface area contributed by atoms with E-state index in [4.69, 9.17) is 10.5 Å². The molecule has 1 aromatic rings. The third-order valence-corrected chi connectivity index (χ3v) is 1.83. The van der Waals surface area contributed by atoms with Crippen LogP contribution in [0.5, 0.6) is 5.75 Å². The molecule has 0 aromatic heterocycles. The molecule has 0 saturated heterocycles. The summed E-state index contributed by atoms with van der Waals surface area (Å²) in [6, 6.07) is 1.95. The maximum absolute atomic E-state index is 13.0. The van der Waals surface area contributed by atoms with Crippen molar-refractivity contribution in [3.63, 3.8) is 0 Å². The monoisotopic (exact) mass is 205 g/mol. The summed E-state index contributed by atoms with van der Waals surface area (Å²) >= 11 is 0. The minimum absolute atomic E-state index is 0.237. The van der Waals surface area contributed by atoms with E-state index in [9.17, 15) is 13.2 Å². The number of halogens is 3. The van der Waals surface area contributed by atoms with Crippen LogP contribution >= 0.6 is 0 Å². The van der Waals surface area contributed by atoms with Gasteiger partial charge in [0.15, 0.2) is 0 Å². The van der Waals surface area contributed by atoms with E-state index in [-0.39, 0.29) is 5.56 Å². The highest BCUT2D eigenvalue weighted by atomic mass is 19.3. The lowest BCUT2D eigenvalue weighted by molar-refractivity contribution is 0.114. The lowest BCUT2D eigenvalue weighted by Gasteiger charge is -2.12. The van der Waals surface area contributed by atoms with Crippen LogP contribution in [0.3, 0.4) is 0 Å². The van der Waals surface area contributed by atoms with Crippen molar-refractivity contribution in [2.75, 3.05) is 7.11 Å². The quantitative estimate of drug-likeness (QED) is 0.820. The first kappa shape index (κ1) is 10.8. The van der Waals surface area contributed by atoms with Gasteiger partial charge in [0, 0.05) is 5.56 Å². The molecule has 14 heavy (non-hydrogen) atoms. The zero-order chi connectivity index (χ0) is 10.7. The molecule has 0 fully saturated rings. The SMILES string of the molecule is COc1ccc(F)c([C@H](N)C(F)F)c1. The van der Waals surface area contributed by atoms with E-state index in [1.54, 1.807) is 0 Å². The van der Waals surface area contributed by atoms with Crippen LogP contribution in [0.25, 0.3) is 0 Å². The summed E-state index contributed by atoms with van der Waals surface area (Å²) in [5.74, 6) is -0.448.